The Hall–Kier alpha value is -0.120. The van der Waals surface area contributed by atoms with Gasteiger partial charge < -0.3 is 15.1 Å². The Labute approximate surface area is 108 Å². The summed E-state index contributed by atoms with van der Waals surface area (Å²) in [7, 11) is 4.41. The average Bonchev–Trinajstić information content (AvgIpc) is 2.35. The van der Waals surface area contributed by atoms with Gasteiger partial charge in [-0.05, 0) is 52.9 Å². The maximum Gasteiger partial charge on any atom is 0.0113 e. The Kier molecular flexibility index (Phi) is 7.09. The van der Waals surface area contributed by atoms with E-state index in [1.807, 2.05) is 0 Å². The van der Waals surface area contributed by atoms with E-state index in [1.54, 1.807) is 0 Å². The van der Waals surface area contributed by atoms with Crippen LogP contribution in [0.4, 0.5) is 0 Å². The highest BCUT2D eigenvalue weighted by molar-refractivity contribution is 4.77. The normalized spacial score (nSPS) is 19.4. The van der Waals surface area contributed by atoms with Crippen LogP contribution in [0.5, 0.6) is 0 Å². The molecular weight excluding hydrogens is 210 g/mol. The molecule has 0 unspecified atom stereocenters. The molecule has 0 radical (unpaired) electrons. The molecule has 0 aromatic carbocycles. The lowest BCUT2D eigenvalue weighted by molar-refractivity contribution is 0.144. The fourth-order valence-corrected chi connectivity index (χ4v) is 2.66. The van der Waals surface area contributed by atoms with Gasteiger partial charge in [0.25, 0.3) is 0 Å². The second kappa shape index (κ2) is 8.06. The van der Waals surface area contributed by atoms with E-state index in [2.05, 4.69) is 43.1 Å². The molecule has 1 N–H and O–H groups in total. The average molecular weight is 241 g/mol. The molecule has 0 aliphatic carbocycles. The molecule has 3 heteroatoms. The fraction of sp³-hybridized carbons (Fsp3) is 1.00. The van der Waals surface area contributed by atoms with Gasteiger partial charge in [0.2, 0.25) is 0 Å². The van der Waals surface area contributed by atoms with Gasteiger partial charge in [0.15, 0.2) is 0 Å². The Bertz CT molecular complexity index is 182. The number of rotatable bonds is 7. The van der Waals surface area contributed by atoms with Gasteiger partial charge in [-0.1, -0.05) is 13.8 Å². The van der Waals surface area contributed by atoms with Gasteiger partial charge in [-0.2, -0.15) is 0 Å². The number of hydrogen-bond donors (Lipinski definition) is 1. The molecule has 1 rings (SSSR count). The van der Waals surface area contributed by atoms with E-state index in [9.17, 15) is 0 Å². The van der Waals surface area contributed by atoms with Crippen LogP contribution >= 0.6 is 0 Å². The maximum atomic E-state index is 3.65. The molecule has 1 heterocycles. The summed E-state index contributed by atoms with van der Waals surface area (Å²) in [5.41, 5.74) is 0. The van der Waals surface area contributed by atoms with Crippen molar-refractivity contribution in [2.45, 2.75) is 51.6 Å². The smallest absolute Gasteiger partial charge is 0.0113 e. The first-order valence-electron chi connectivity index (χ1n) is 7.29. The molecule has 0 amide bonds. The van der Waals surface area contributed by atoms with E-state index in [1.165, 1.54) is 45.3 Å². The van der Waals surface area contributed by atoms with Crippen molar-refractivity contribution in [2.75, 3.05) is 40.3 Å². The quantitative estimate of drug-likeness (QED) is 0.733. The predicted octanol–water partition coefficient (Wildman–Crippen LogP) is 1.79. The maximum absolute atomic E-state index is 3.65. The van der Waals surface area contributed by atoms with Gasteiger partial charge >= 0.3 is 0 Å². The second-order valence-electron chi connectivity index (χ2n) is 5.50. The third kappa shape index (κ3) is 5.36. The molecule has 0 saturated carbocycles. The van der Waals surface area contributed by atoms with Crippen LogP contribution in [0.3, 0.4) is 0 Å². The van der Waals surface area contributed by atoms with Crippen molar-refractivity contribution < 1.29 is 0 Å². The van der Waals surface area contributed by atoms with Gasteiger partial charge in [-0.3, -0.25) is 0 Å². The molecule has 0 bridgehead atoms. The first-order valence-corrected chi connectivity index (χ1v) is 7.29. The Morgan fingerprint density at radius 3 is 2.24 bits per heavy atom. The highest BCUT2D eigenvalue weighted by Gasteiger charge is 2.19. The summed E-state index contributed by atoms with van der Waals surface area (Å²) in [5.74, 6) is 0. The summed E-state index contributed by atoms with van der Waals surface area (Å²) in [6.45, 7) is 9.45. The molecule has 1 fully saturated rings. The van der Waals surface area contributed by atoms with Crippen LogP contribution < -0.4 is 5.32 Å². The molecule has 102 valence electrons. The number of nitrogens with one attached hydrogen (secondary N) is 1. The van der Waals surface area contributed by atoms with Gasteiger partial charge in [0.05, 0.1) is 0 Å². The van der Waals surface area contributed by atoms with Crippen LogP contribution in [0, 0.1) is 0 Å². The van der Waals surface area contributed by atoms with Gasteiger partial charge in [0.1, 0.15) is 0 Å². The Morgan fingerprint density at radius 2 is 1.76 bits per heavy atom. The second-order valence-corrected chi connectivity index (χ2v) is 5.50. The lowest BCUT2D eigenvalue weighted by atomic mass is 10.0. The van der Waals surface area contributed by atoms with Gasteiger partial charge in [0, 0.05) is 25.2 Å². The molecule has 0 atom stereocenters. The molecule has 0 aromatic heterocycles. The molecular formula is C14H31N3. The minimum absolute atomic E-state index is 0.717. The molecule has 3 nitrogen and oxygen atoms in total. The molecule has 0 spiro atoms. The van der Waals surface area contributed by atoms with E-state index < -0.39 is 0 Å². The van der Waals surface area contributed by atoms with Crippen LogP contribution in [0.2, 0.25) is 0 Å². The summed E-state index contributed by atoms with van der Waals surface area (Å²) < 4.78 is 0. The number of nitrogens with zero attached hydrogens (tertiary/aromatic N) is 2. The first-order chi connectivity index (χ1) is 8.17. The predicted molar refractivity (Wildman–Crippen MR) is 75.5 cm³/mol. The number of piperidine rings is 1. The van der Waals surface area contributed by atoms with E-state index in [0.29, 0.717) is 6.04 Å². The summed E-state index contributed by atoms with van der Waals surface area (Å²) in [4.78, 5) is 4.98. The van der Waals surface area contributed by atoms with Crippen molar-refractivity contribution >= 4 is 0 Å². The van der Waals surface area contributed by atoms with Crippen LogP contribution in [0.15, 0.2) is 0 Å². The Balaban J connectivity index is 2.10. The number of likely N-dealkylation sites (tertiary alicyclic amines) is 1. The monoisotopic (exact) mass is 241 g/mol. The van der Waals surface area contributed by atoms with E-state index >= 15 is 0 Å². The third-order valence-corrected chi connectivity index (χ3v) is 4.13. The highest BCUT2D eigenvalue weighted by atomic mass is 15.2. The minimum Gasteiger partial charge on any atom is -0.313 e. The van der Waals surface area contributed by atoms with E-state index in [-0.39, 0.29) is 0 Å². The summed E-state index contributed by atoms with van der Waals surface area (Å²) in [5, 5.41) is 3.65. The zero-order chi connectivity index (χ0) is 12.7. The van der Waals surface area contributed by atoms with Crippen molar-refractivity contribution in [1.82, 2.24) is 15.1 Å². The van der Waals surface area contributed by atoms with Crippen LogP contribution in [0.1, 0.15) is 39.5 Å². The van der Waals surface area contributed by atoms with Gasteiger partial charge in [-0.15, -0.1) is 0 Å². The zero-order valence-electron chi connectivity index (χ0n) is 12.2. The number of hydrogen-bond acceptors (Lipinski definition) is 3. The van der Waals surface area contributed by atoms with Crippen LogP contribution in [0.25, 0.3) is 0 Å². The first kappa shape index (κ1) is 14.9. The van der Waals surface area contributed by atoms with Crippen LogP contribution in [-0.2, 0) is 0 Å². The van der Waals surface area contributed by atoms with Crippen molar-refractivity contribution in [3.63, 3.8) is 0 Å². The fourth-order valence-electron chi connectivity index (χ4n) is 2.66. The summed E-state index contributed by atoms with van der Waals surface area (Å²) in [6.07, 6.45) is 5.16. The molecule has 17 heavy (non-hydrogen) atoms. The minimum atomic E-state index is 0.717. The molecule has 1 aliphatic rings. The lowest BCUT2D eigenvalue weighted by Gasteiger charge is -2.35. The lowest BCUT2D eigenvalue weighted by Crippen LogP contribution is -2.44. The molecule has 0 aromatic rings. The van der Waals surface area contributed by atoms with Crippen molar-refractivity contribution in [2.24, 2.45) is 0 Å². The summed E-state index contributed by atoms with van der Waals surface area (Å²) in [6, 6.07) is 1.52. The van der Waals surface area contributed by atoms with Crippen molar-refractivity contribution in [1.29, 1.82) is 0 Å². The van der Waals surface area contributed by atoms with E-state index in [0.717, 1.165) is 12.6 Å². The van der Waals surface area contributed by atoms with Crippen molar-refractivity contribution in [3.8, 4) is 0 Å². The molecule has 1 aliphatic heterocycles. The molecule has 1 saturated heterocycles. The SMILES string of the molecule is CCC(CC)NCCN1CCC(N(C)C)CC1. The Morgan fingerprint density at radius 1 is 1.18 bits per heavy atom. The third-order valence-electron chi connectivity index (χ3n) is 4.13. The van der Waals surface area contributed by atoms with Crippen molar-refractivity contribution in [3.05, 3.63) is 0 Å². The standard InChI is InChI=1S/C14H31N3/c1-5-13(6-2)15-9-12-17-10-7-14(8-11-17)16(3)4/h13-15H,5-12H2,1-4H3. The van der Waals surface area contributed by atoms with Crippen LogP contribution in [-0.4, -0.2) is 62.2 Å². The largest absolute Gasteiger partial charge is 0.313 e. The van der Waals surface area contributed by atoms with E-state index in [4.69, 9.17) is 0 Å². The summed E-state index contributed by atoms with van der Waals surface area (Å²) >= 11 is 0. The van der Waals surface area contributed by atoms with Gasteiger partial charge in [-0.25, -0.2) is 0 Å². The zero-order valence-corrected chi connectivity index (χ0v) is 12.2. The highest BCUT2D eigenvalue weighted by Crippen LogP contribution is 2.13. The topological polar surface area (TPSA) is 18.5 Å².